The summed E-state index contributed by atoms with van der Waals surface area (Å²) in [5.41, 5.74) is 0.422. The van der Waals surface area contributed by atoms with Gasteiger partial charge in [-0.05, 0) is 24.6 Å². The van der Waals surface area contributed by atoms with Gasteiger partial charge >= 0.3 is 5.56 Å². The molecule has 2 aromatic rings. The first kappa shape index (κ1) is 10.2. The Balaban J connectivity index is 2.34. The van der Waals surface area contributed by atoms with Crippen LogP contribution in [-0.4, -0.2) is 15.1 Å². The second-order valence-corrected chi connectivity index (χ2v) is 3.33. The smallest absolute Gasteiger partial charge is 0.311 e. The van der Waals surface area contributed by atoms with Crippen molar-refractivity contribution in [2.24, 2.45) is 0 Å². The van der Waals surface area contributed by atoms with Crippen LogP contribution in [0, 0.1) is 6.92 Å². The molecule has 2 N–H and O–H groups in total. The maximum Gasteiger partial charge on any atom is 0.311 e. The number of phenolic OH excluding ortho intramolecular Hbond substituents is 1. The number of hydrogen-bond donors (Lipinski definition) is 2. The van der Waals surface area contributed by atoms with Crippen LogP contribution >= 0.6 is 0 Å². The number of H-pyrrole nitrogens is 1. The second kappa shape index (κ2) is 4.06. The summed E-state index contributed by atoms with van der Waals surface area (Å²) in [5.74, 6) is 0.413. The van der Waals surface area contributed by atoms with Gasteiger partial charge in [0.05, 0.1) is 0 Å². The van der Waals surface area contributed by atoms with Crippen molar-refractivity contribution in [3.63, 3.8) is 0 Å². The Morgan fingerprint density at radius 1 is 1.38 bits per heavy atom. The van der Waals surface area contributed by atoms with Crippen LogP contribution in [0.25, 0.3) is 0 Å². The average Bonchev–Trinajstić information content (AvgIpc) is 2.20. The fourth-order valence-corrected chi connectivity index (χ4v) is 1.31. The van der Waals surface area contributed by atoms with Gasteiger partial charge < -0.3 is 14.8 Å². The molecule has 5 heteroatoms. The Bertz CT molecular complexity index is 543. The molecule has 0 fully saturated rings. The lowest BCUT2D eigenvalue weighted by Crippen LogP contribution is -2.09. The summed E-state index contributed by atoms with van der Waals surface area (Å²) >= 11 is 0. The maximum absolute atomic E-state index is 11.3. The molecule has 0 atom stereocenters. The van der Waals surface area contributed by atoms with Gasteiger partial charge in [-0.25, -0.2) is 4.98 Å². The molecule has 0 saturated heterocycles. The van der Waals surface area contributed by atoms with Crippen molar-refractivity contribution in [3.8, 4) is 17.4 Å². The number of aromatic hydroxyl groups is 1. The maximum atomic E-state index is 11.3. The summed E-state index contributed by atoms with van der Waals surface area (Å²) in [5, 5.41) is 9.35. The van der Waals surface area contributed by atoms with Crippen LogP contribution in [0.15, 0.2) is 35.4 Å². The molecule has 0 amide bonds. The SMILES string of the molecule is Cc1cc(O)cc(Oc2ncc[nH]c2=O)c1. The molecule has 2 rings (SSSR count). The first-order chi connectivity index (χ1) is 7.65. The summed E-state index contributed by atoms with van der Waals surface area (Å²) in [4.78, 5) is 17.5. The molecule has 1 aromatic heterocycles. The molecule has 0 aliphatic carbocycles. The Morgan fingerprint density at radius 3 is 2.88 bits per heavy atom. The third-order valence-corrected chi connectivity index (χ3v) is 1.93. The predicted molar refractivity (Wildman–Crippen MR) is 57.8 cm³/mol. The molecule has 0 aliphatic rings. The molecular weight excluding hydrogens is 208 g/mol. The molecule has 82 valence electrons. The molecule has 1 heterocycles. The number of ether oxygens (including phenoxy) is 1. The van der Waals surface area contributed by atoms with Crippen molar-refractivity contribution in [1.82, 2.24) is 9.97 Å². The molecular formula is C11H10N2O3. The molecule has 0 radical (unpaired) electrons. The molecule has 5 nitrogen and oxygen atoms in total. The Labute approximate surface area is 91.4 Å². The number of aromatic nitrogens is 2. The number of rotatable bonds is 2. The van der Waals surface area contributed by atoms with E-state index in [-0.39, 0.29) is 11.6 Å². The molecule has 0 spiro atoms. The highest BCUT2D eigenvalue weighted by molar-refractivity contribution is 5.38. The average molecular weight is 218 g/mol. The first-order valence-electron chi connectivity index (χ1n) is 4.67. The second-order valence-electron chi connectivity index (χ2n) is 3.33. The van der Waals surface area contributed by atoms with Crippen molar-refractivity contribution in [2.45, 2.75) is 6.92 Å². The molecule has 0 aliphatic heterocycles. The van der Waals surface area contributed by atoms with Crippen LogP contribution in [0.3, 0.4) is 0 Å². The summed E-state index contributed by atoms with van der Waals surface area (Å²) in [6.45, 7) is 1.81. The molecule has 16 heavy (non-hydrogen) atoms. The summed E-state index contributed by atoms with van der Waals surface area (Å²) < 4.78 is 5.26. The minimum absolute atomic E-state index is 0.0486. The lowest BCUT2D eigenvalue weighted by molar-refractivity contribution is 0.439. The van der Waals surface area contributed by atoms with Crippen molar-refractivity contribution in [2.75, 3.05) is 0 Å². The fraction of sp³-hybridized carbons (Fsp3) is 0.0909. The van der Waals surface area contributed by atoms with Gasteiger partial charge in [0.1, 0.15) is 11.5 Å². The van der Waals surface area contributed by atoms with E-state index < -0.39 is 5.56 Å². The van der Waals surface area contributed by atoms with Crippen molar-refractivity contribution in [1.29, 1.82) is 0 Å². The van der Waals surface area contributed by atoms with Crippen molar-refractivity contribution in [3.05, 3.63) is 46.5 Å². The van der Waals surface area contributed by atoms with E-state index in [1.165, 1.54) is 18.5 Å². The number of benzene rings is 1. The number of aryl methyl sites for hydroxylation is 1. The third kappa shape index (κ3) is 2.20. The van der Waals surface area contributed by atoms with Crippen LogP contribution in [0.4, 0.5) is 0 Å². The Hall–Kier alpha value is -2.30. The fourth-order valence-electron chi connectivity index (χ4n) is 1.31. The van der Waals surface area contributed by atoms with E-state index in [4.69, 9.17) is 4.74 Å². The summed E-state index contributed by atoms with van der Waals surface area (Å²) in [6.07, 6.45) is 2.84. The van der Waals surface area contributed by atoms with E-state index in [9.17, 15) is 9.90 Å². The zero-order valence-electron chi connectivity index (χ0n) is 8.60. The molecule has 1 aromatic carbocycles. The van der Waals surface area contributed by atoms with Crippen LogP contribution in [0.1, 0.15) is 5.56 Å². The highest BCUT2D eigenvalue weighted by atomic mass is 16.5. The zero-order chi connectivity index (χ0) is 11.5. The Morgan fingerprint density at radius 2 is 2.19 bits per heavy atom. The summed E-state index contributed by atoms with van der Waals surface area (Å²) in [6, 6.07) is 4.71. The van der Waals surface area contributed by atoms with Crippen LogP contribution in [0.2, 0.25) is 0 Å². The van der Waals surface area contributed by atoms with Crippen molar-refractivity contribution < 1.29 is 9.84 Å². The number of nitrogens with zero attached hydrogens (tertiary/aromatic N) is 1. The highest BCUT2D eigenvalue weighted by Crippen LogP contribution is 2.23. The first-order valence-corrected chi connectivity index (χ1v) is 4.67. The van der Waals surface area contributed by atoms with Gasteiger partial charge in [0.15, 0.2) is 0 Å². The van der Waals surface area contributed by atoms with E-state index in [1.807, 2.05) is 6.92 Å². The van der Waals surface area contributed by atoms with Gasteiger partial charge in [-0.2, -0.15) is 0 Å². The predicted octanol–water partition coefficient (Wildman–Crippen LogP) is 1.58. The van der Waals surface area contributed by atoms with E-state index in [2.05, 4.69) is 9.97 Å². The number of nitrogens with one attached hydrogen (secondary N) is 1. The van der Waals surface area contributed by atoms with E-state index >= 15 is 0 Å². The highest BCUT2D eigenvalue weighted by Gasteiger charge is 2.04. The van der Waals surface area contributed by atoms with Crippen molar-refractivity contribution >= 4 is 0 Å². The van der Waals surface area contributed by atoms with E-state index in [1.54, 1.807) is 12.1 Å². The van der Waals surface area contributed by atoms with Gasteiger partial charge in [0.2, 0.25) is 0 Å². The topological polar surface area (TPSA) is 75.2 Å². The minimum atomic E-state index is -0.413. The third-order valence-electron chi connectivity index (χ3n) is 1.93. The molecule has 0 bridgehead atoms. The van der Waals surface area contributed by atoms with Crippen LogP contribution in [-0.2, 0) is 0 Å². The normalized spacial score (nSPS) is 10.1. The monoisotopic (exact) mass is 218 g/mol. The zero-order valence-corrected chi connectivity index (χ0v) is 8.60. The van der Waals surface area contributed by atoms with Crippen LogP contribution in [0.5, 0.6) is 17.4 Å². The largest absolute Gasteiger partial charge is 0.508 e. The number of aromatic amines is 1. The standard InChI is InChI=1S/C11H10N2O3/c1-7-4-8(14)6-9(5-7)16-11-10(15)12-2-3-13-11/h2-6,14H,1H3,(H,12,15). The van der Waals surface area contributed by atoms with Gasteiger partial charge in [0, 0.05) is 18.5 Å². The minimum Gasteiger partial charge on any atom is -0.508 e. The number of hydrogen-bond acceptors (Lipinski definition) is 4. The molecule has 0 unspecified atom stereocenters. The van der Waals surface area contributed by atoms with Gasteiger partial charge in [0.25, 0.3) is 5.88 Å². The van der Waals surface area contributed by atoms with Gasteiger partial charge in [-0.3, -0.25) is 4.79 Å². The van der Waals surface area contributed by atoms with E-state index in [0.717, 1.165) is 5.56 Å². The van der Waals surface area contributed by atoms with Gasteiger partial charge in [-0.1, -0.05) is 0 Å². The quantitative estimate of drug-likeness (QED) is 0.802. The van der Waals surface area contributed by atoms with Crippen LogP contribution < -0.4 is 10.3 Å². The molecule has 0 saturated carbocycles. The lowest BCUT2D eigenvalue weighted by Gasteiger charge is -2.04. The summed E-state index contributed by atoms with van der Waals surface area (Å²) in [7, 11) is 0. The van der Waals surface area contributed by atoms with Gasteiger partial charge in [-0.15, -0.1) is 0 Å². The lowest BCUT2D eigenvalue weighted by atomic mass is 10.2. The van der Waals surface area contributed by atoms with E-state index in [0.29, 0.717) is 5.75 Å². The number of phenols is 1. The Kier molecular flexibility index (Phi) is 2.59.